The molecular formula is C20H26N2O3S. The molecule has 2 rings (SSSR count). The van der Waals surface area contributed by atoms with Gasteiger partial charge in [-0.05, 0) is 30.5 Å². The van der Waals surface area contributed by atoms with Crippen LogP contribution in [0.3, 0.4) is 0 Å². The van der Waals surface area contributed by atoms with Crippen molar-refractivity contribution in [3.05, 3.63) is 65.2 Å². The standard InChI is InChI=1S/C20H26N2O3S/c1-4-18-7-5-6-8-19(18)22(26(3,24)25)14-13-21-20(23)15-17-11-9-16(2)10-12-17/h5-12H,4,13-15H2,1-3H3,(H,21,23). The fraction of sp³-hybridized carbons (Fsp3) is 0.350. The molecular weight excluding hydrogens is 348 g/mol. The average molecular weight is 375 g/mol. The van der Waals surface area contributed by atoms with Crippen molar-refractivity contribution in [1.29, 1.82) is 0 Å². The van der Waals surface area contributed by atoms with Crippen LogP contribution >= 0.6 is 0 Å². The SMILES string of the molecule is CCc1ccccc1N(CCNC(=O)Cc1ccc(C)cc1)S(C)(=O)=O. The molecule has 0 unspecified atom stereocenters. The van der Waals surface area contributed by atoms with Crippen LogP contribution in [-0.4, -0.2) is 33.7 Å². The minimum atomic E-state index is -3.43. The second-order valence-electron chi connectivity index (χ2n) is 6.33. The average Bonchev–Trinajstić information content (AvgIpc) is 2.60. The van der Waals surface area contributed by atoms with E-state index in [1.54, 1.807) is 6.07 Å². The molecule has 0 saturated heterocycles. The smallest absolute Gasteiger partial charge is 0.232 e. The van der Waals surface area contributed by atoms with Gasteiger partial charge >= 0.3 is 0 Å². The fourth-order valence-corrected chi connectivity index (χ4v) is 3.73. The van der Waals surface area contributed by atoms with Crippen molar-refractivity contribution in [2.75, 3.05) is 23.7 Å². The molecule has 0 saturated carbocycles. The van der Waals surface area contributed by atoms with E-state index < -0.39 is 10.0 Å². The molecule has 140 valence electrons. The minimum Gasteiger partial charge on any atom is -0.354 e. The van der Waals surface area contributed by atoms with Crippen LogP contribution in [0.15, 0.2) is 48.5 Å². The van der Waals surface area contributed by atoms with Crippen LogP contribution in [0.5, 0.6) is 0 Å². The van der Waals surface area contributed by atoms with Crippen molar-refractivity contribution in [1.82, 2.24) is 5.32 Å². The second-order valence-corrected chi connectivity index (χ2v) is 8.24. The highest BCUT2D eigenvalue weighted by molar-refractivity contribution is 7.92. The molecule has 0 fully saturated rings. The number of carbonyl (C=O) groups excluding carboxylic acids is 1. The molecule has 0 aromatic heterocycles. The molecule has 0 spiro atoms. The topological polar surface area (TPSA) is 66.5 Å². The summed E-state index contributed by atoms with van der Waals surface area (Å²) in [6.45, 7) is 4.45. The molecule has 0 radical (unpaired) electrons. The lowest BCUT2D eigenvalue weighted by Crippen LogP contribution is -2.39. The van der Waals surface area contributed by atoms with E-state index in [1.165, 1.54) is 10.6 Å². The summed E-state index contributed by atoms with van der Waals surface area (Å²) in [5.74, 6) is -0.119. The molecule has 1 N–H and O–H groups in total. The first-order chi connectivity index (χ1) is 12.3. The Balaban J connectivity index is 2.00. The highest BCUT2D eigenvalue weighted by atomic mass is 32.2. The van der Waals surface area contributed by atoms with Gasteiger partial charge in [0.1, 0.15) is 0 Å². The lowest BCUT2D eigenvalue weighted by molar-refractivity contribution is -0.120. The third-order valence-corrected chi connectivity index (χ3v) is 5.34. The lowest BCUT2D eigenvalue weighted by atomic mass is 10.1. The van der Waals surface area contributed by atoms with Gasteiger partial charge in [0.15, 0.2) is 0 Å². The molecule has 0 atom stereocenters. The maximum Gasteiger partial charge on any atom is 0.232 e. The van der Waals surface area contributed by atoms with Gasteiger partial charge in [0.25, 0.3) is 0 Å². The summed E-state index contributed by atoms with van der Waals surface area (Å²) in [5.41, 5.74) is 3.71. The van der Waals surface area contributed by atoms with E-state index in [1.807, 2.05) is 56.3 Å². The molecule has 5 nitrogen and oxygen atoms in total. The normalized spacial score (nSPS) is 11.2. The number of amides is 1. The Morgan fingerprint density at radius 3 is 2.35 bits per heavy atom. The van der Waals surface area contributed by atoms with Gasteiger partial charge in [-0.25, -0.2) is 8.42 Å². The summed E-state index contributed by atoms with van der Waals surface area (Å²) in [7, 11) is -3.43. The number of hydrogen-bond donors (Lipinski definition) is 1. The summed E-state index contributed by atoms with van der Waals surface area (Å²) in [6, 6.07) is 15.2. The molecule has 0 aliphatic carbocycles. The monoisotopic (exact) mass is 374 g/mol. The van der Waals surface area contributed by atoms with E-state index in [2.05, 4.69) is 5.32 Å². The first kappa shape index (κ1) is 20.0. The van der Waals surface area contributed by atoms with Crippen LogP contribution in [0.2, 0.25) is 0 Å². The Labute approximate surface area is 156 Å². The molecule has 26 heavy (non-hydrogen) atoms. The van der Waals surface area contributed by atoms with Crippen molar-refractivity contribution < 1.29 is 13.2 Å². The predicted molar refractivity (Wildman–Crippen MR) is 106 cm³/mol. The summed E-state index contributed by atoms with van der Waals surface area (Å²) in [6.07, 6.45) is 2.21. The van der Waals surface area contributed by atoms with Crippen LogP contribution in [0.1, 0.15) is 23.6 Å². The maximum atomic E-state index is 12.2. The van der Waals surface area contributed by atoms with Gasteiger partial charge in [0.05, 0.1) is 24.9 Å². The summed E-state index contributed by atoms with van der Waals surface area (Å²) >= 11 is 0. The zero-order valence-electron chi connectivity index (χ0n) is 15.5. The number of carbonyl (C=O) groups is 1. The minimum absolute atomic E-state index is 0.119. The summed E-state index contributed by atoms with van der Waals surface area (Å²) in [5, 5.41) is 2.81. The van der Waals surface area contributed by atoms with Gasteiger partial charge in [-0.1, -0.05) is 55.0 Å². The number of aryl methyl sites for hydroxylation is 2. The predicted octanol–water partition coefficient (Wildman–Crippen LogP) is 2.68. The molecule has 0 aliphatic heterocycles. The van der Waals surface area contributed by atoms with Gasteiger partial charge in [0, 0.05) is 6.54 Å². The van der Waals surface area contributed by atoms with E-state index in [-0.39, 0.29) is 25.4 Å². The largest absolute Gasteiger partial charge is 0.354 e. The zero-order valence-corrected chi connectivity index (χ0v) is 16.3. The summed E-state index contributed by atoms with van der Waals surface area (Å²) < 4.78 is 25.8. The van der Waals surface area contributed by atoms with Crippen molar-refractivity contribution >= 4 is 21.6 Å². The van der Waals surface area contributed by atoms with Crippen molar-refractivity contribution in [2.45, 2.75) is 26.7 Å². The van der Waals surface area contributed by atoms with E-state index in [9.17, 15) is 13.2 Å². The number of para-hydroxylation sites is 1. The lowest BCUT2D eigenvalue weighted by Gasteiger charge is -2.25. The quantitative estimate of drug-likeness (QED) is 0.772. The van der Waals surface area contributed by atoms with E-state index >= 15 is 0 Å². The molecule has 2 aromatic rings. The Bertz CT molecular complexity index is 846. The van der Waals surface area contributed by atoms with Crippen LogP contribution in [0, 0.1) is 6.92 Å². The Morgan fingerprint density at radius 2 is 1.73 bits per heavy atom. The molecule has 0 aliphatic rings. The maximum absolute atomic E-state index is 12.2. The number of nitrogens with zero attached hydrogens (tertiary/aromatic N) is 1. The van der Waals surface area contributed by atoms with Gasteiger partial charge < -0.3 is 5.32 Å². The molecule has 2 aromatic carbocycles. The van der Waals surface area contributed by atoms with Crippen molar-refractivity contribution in [3.8, 4) is 0 Å². The number of benzene rings is 2. The van der Waals surface area contributed by atoms with Crippen molar-refractivity contribution in [2.24, 2.45) is 0 Å². The zero-order chi connectivity index (χ0) is 19.2. The van der Waals surface area contributed by atoms with Crippen LogP contribution in [0.4, 0.5) is 5.69 Å². The van der Waals surface area contributed by atoms with Gasteiger partial charge in [0.2, 0.25) is 15.9 Å². The highest BCUT2D eigenvalue weighted by Gasteiger charge is 2.19. The van der Waals surface area contributed by atoms with E-state index in [0.717, 1.165) is 23.1 Å². The van der Waals surface area contributed by atoms with Gasteiger partial charge in [-0.2, -0.15) is 0 Å². The fourth-order valence-electron chi connectivity index (χ4n) is 2.77. The van der Waals surface area contributed by atoms with Crippen molar-refractivity contribution in [3.63, 3.8) is 0 Å². The number of nitrogens with one attached hydrogen (secondary N) is 1. The molecule has 0 heterocycles. The molecule has 0 bridgehead atoms. The highest BCUT2D eigenvalue weighted by Crippen LogP contribution is 2.22. The molecule has 1 amide bonds. The van der Waals surface area contributed by atoms with E-state index in [0.29, 0.717) is 5.69 Å². The van der Waals surface area contributed by atoms with Crippen LogP contribution in [0.25, 0.3) is 0 Å². The second kappa shape index (κ2) is 8.85. The third-order valence-electron chi connectivity index (χ3n) is 4.16. The third kappa shape index (κ3) is 5.59. The number of hydrogen-bond acceptors (Lipinski definition) is 3. The van der Waals surface area contributed by atoms with Crippen LogP contribution < -0.4 is 9.62 Å². The van der Waals surface area contributed by atoms with Gasteiger partial charge in [-0.15, -0.1) is 0 Å². The molecule has 6 heteroatoms. The Hall–Kier alpha value is -2.34. The van der Waals surface area contributed by atoms with Gasteiger partial charge in [-0.3, -0.25) is 9.10 Å². The summed E-state index contributed by atoms with van der Waals surface area (Å²) in [4.78, 5) is 12.1. The van der Waals surface area contributed by atoms with E-state index in [4.69, 9.17) is 0 Å². The Kier molecular flexibility index (Phi) is 6.80. The Morgan fingerprint density at radius 1 is 1.08 bits per heavy atom. The number of sulfonamides is 1. The number of anilines is 1. The first-order valence-electron chi connectivity index (χ1n) is 8.69. The van der Waals surface area contributed by atoms with Crippen LogP contribution in [-0.2, 0) is 27.7 Å². The first-order valence-corrected chi connectivity index (χ1v) is 10.5. The number of rotatable bonds is 8.